The number of aryl methyl sites for hydroxylation is 1. The summed E-state index contributed by atoms with van der Waals surface area (Å²) in [5.41, 5.74) is 8.89. The number of hydrogen-bond donors (Lipinski definition) is 1. The Morgan fingerprint density at radius 1 is 1.46 bits per heavy atom. The highest BCUT2D eigenvalue weighted by molar-refractivity contribution is 5.38. The third-order valence-corrected chi connectivity index (χ3v) is 2.90. The van der Waals surface area contributed by atoms with E-state index in [0.29, 0.717) is 0 Å². The quantitative estimate of drug-likeness (QED) is 0.683. The van der Waals surface area contributed by atoms with Gasteiger partial charge in [-0.05, 0) is 30.4 Å². The monoisotopic (exact) mass is 173 g/mol. The molecule has 1 aromatic rings. The van der Waals surface area contributed by atoms with Crippen molar-refractivity contribution in [3.8, 4) is 0 Å². The van der Waals surface area contributed by atoms with Crippen LogP contribution in [0.3, 0.4) is 0 Å². The molecule has 1 atom stereocenters. The fourth-order valence-corrected chi connectivity index (χ4v) is 2.19. The van der Waals surface area contributed by atoms with Gasteiger partial charge in [-0.3, -0.25) is 0 Å². The summed E-state index contributed by atoms with van der Waals surface area (Å²) in [6.45, 7) is 3.76. The maximum atomic E-state index is 6.31. The summed E-state index contributed by atoms with van der Waals surface area (Å²) in [6, 6.07) is 8.46. The number of nitrogens with two attached hydrogens (primary N) is 1. The van der Waals surface area contributed by atoms with Gasteiger partial charge in [0.1, 0.15) is 0 Å². The second-order valence-corrected chi connectivity index (χ2v) is 3.81. The van der Waals surface area contributed by atoms with Crippen molar-refractivity contribution in [2.24, 2.45) is 5.73 Å². The molecule has 0 radical (unpaired) electrons. The summed E-state index contributed by atoms with van der Waals surface area (Å²) in [7, 11) is 0. The molecule has 0 amide bonds. The van der Waals surface area contributed by atoms with Crippen LogP contribution in [0.2, 0.25) is 0 Å². The molecule has 0 saturated carbocycles. The summed E-state index contributed by atoms with van der Waals surface area (Å²) >= 11 is 0. The van der Waals surface area contributed by atoms with Crippen molar-refractivity contribution in [2.45, 2.75) is 24.8 Å². The van der Waals surface area contributed by atoms with Gasteiger partial charge in [-0.1, -0.05) is 30.3 Å². The lowest BCUT2D eigenvalue weighted by Gasteiger charge is -2.23. The van der Waals surface area contributed by atoms with Gasteiger partial charge >= 0.3 is 0 Å². The maximum absolute atomic E-state index is 6.31. The molecule has 0 bridgehead atoms. The molecule has 0 aromatic heterocycles. The lowest BCUT2D eigenvalue weighted by molar-refractivity contribution is 0.448. The molecule has 0 fully saturated rings. The van der Waals surface area contributed by atoms with Crippen LogP contribution in [0.15, 0.2) is 36.9 Å². The van der Waals surface area contributed by atoms with Gasteiger partial charge in [-0.25, -0.2) is 0 Å². The van der Waals surface area contributed by atoms with Gasteiger partial charge in [-0.15, -0.1) is 6.58 Å². The predicted octanol–water partition coefficient (Wildman–Crippen LogP) is 2.36. The SMILES string of the molecule is C=CC[C@]1(N)CCc2ccccc21. The fourth-order valence-electron chi connectivity index (χ4n) is 2.19. The topological polar surface area (TPSA) is 26.0 Å². The molecule has 1 heteroatoms. The molecule has 2 N–H and O–H groups in total. The Morgan fingerprint density at radius 3 is 3.00 bits per heavy atom. The summed E-state index contributed by atoms with van der Waals surface area (Å²) in [5.74, 6) is 0. The molecule has 0 spiro atoms. The van der Waals surface area contributed by atoms with Crippen molar-refractivity contribution < 1.29 is 0 Å². The van der Waals surface area contributed by atoms with Crippen molar-refractivity contribution in [3.63, 3.8) is 0 Å². The molecule has 1 nitrogen and oxygen atoms in total. The zero-order valence-electron chi connectivity index (χ0n) is 7.79. The minimum atomic E-state index is -0.141. The molecule has 0 heterocycles. The molecule has 2 rings (SSSR count). The third-order valence-electron chi connectivity index (χ3n) is 2.90. The smallest absolute Gasteiger partial charge is 0.0450 e. The van der Waals surface area contributed by atoms with E-state index in [9.17, 15) is 0 Å². The zero-order valence-corrected chi connectivity index (χ0v) is 7.79. The molecule has 68 valence electrons. The first-order valence-electron chi connectivity index (χ1n) is 4.74. The Labute approximate surface area is 79.3 Å². The lowest BCUT2D eigenvalue weighted by atomic mass is 9.90. The first-order chi connectivity index (χ1) is 6.26. The molecule has 1 aliphatic carbocycles. The van der Waals surface area contributed by atoms with E-state index in [0.717, 1.165) is 19.3 Å². The first kappa shape index (κ1) is 8.52. The van der Waals surface area contributed by atoms with Crippen LogP contribution >= 0.6 is 0 Å². The normalized spacial score (nSPS) is 25.6. The minimum Gasteiger partial charge on any atom is -0.321 e. The van der Waals surface area contributed by atoms with E-state index >= 15 is 0 Å². The van der Waals surface area contributed by atoms with Crippen LogP contribution in [0.25, 0.3) is 0 Å². The van der Waals surface area contributed by atoms with Crippen molar-refractivity contribution in [3.05, 3.63) is 48.0 Å². The van der Waals surface area contributed by atoms with E-state index in [1.165, 1.54) is 11.1 Å². The second-order valence-electron chi connectivity index (χ2n) is 3.81. The second kappa shape index (κ2) is 3.00. The largest absolute Gasteiger partial charge is 0.321 e. The highest BCUT2D eigenvalue weighted by Crippen LogP contribution is 2.37. The van der Waals surface area contributed by atoms with Crippen LogP contribution in [-0.4, -0.2) is 0 Å². The van der Waals surface area contributed by atoms with Gasteiger partial charge in [0.25, 0.3) is 0 Å². The van der Waals surface area contributed by atoms with Gasteiger partial charge in [0, 0.05) is 5.54 Å². The molecular formula is C12H15N. The average Bonchev–Trinajstić information content (AvgIpc) is 2.46. The highest BCUT2D eigenvalue weighted by Gasteiger charge is 2.32. The first-order valence-corrected chi connectivity index (χ1v) is 4.74. The van der Waals surface area contributed by atoms with Crippen molar-refractivity contribution in [2.75, 3.05) is 0 Å². The van der Waals surface area contributed by atoms with Crippen LogP contribution in [0, 0.1) is 0 Å². The average molecular weight is 173 g/mol. The predicted molar refractivity (Wildman–Crippen MR) is 55.4 cm³/mol. The van der Waals surface area contributed by atoms with E-state index in [1.54, 1.807) is 0 Å². The highest BCUT2D eigenvalue weighted by atomic mass is 14.8. The van der Waals surface area contributed by atoms with Crippen molar-refractivity contribution in [1.29, 1.82) is 0 Å². The summed E-state index contributed by atoms with van der Waals surface area (Å²) in [5, 5.41) is 0. The molecule has 1 aliphatic rings. The molecular weight excluding hydrogens is 158 g/mol. The Morgan fingerprint density at radius 2 is 2.23 bits per heavy atom. The lowest BCUT2D eigenvalue weighted by Crippen LogP contribution is -2.33. The summed E-state index contributed by atoms with van der Waals surface area (Å²) < 4.78 is 0. The van der Waals surface area contributed by atoms with Crippen LogP contribution < -0.4 is 5.73 Å². The van der Waals surface area contributed by atoms with Gasteiger partial charge in [0.05, 0.1) is 0 Å². The summed E-state index contributed by atoms with van der Waals surface area (Å²) in [4.78, 5) is 0. The third kappa shape index (κ3) is 1.29. The number of benzene rings is 1. The van der Waals surface area contributed by atoms with E-state index in [2.05, 4.69) is 30.8 Å². The molecule has 0 saturated heterocycles. The van der Waals surface area contributed by atoms with Gasteiger partial charge in [0.2, 0.25) is 0 Å². The van der Waals surface area contributed by atoms with Crippen molar-refractivity contribution in [1.82, 2.24) is 0 Å². The molecule has 1 aromatic carbocycles. The van der Waals surface area contributed by atoms with Crippen LogP contribution in [0.1, 0.15) is 24.0 Å². The van der Waals surface area contributed by atoms with Crippen LogP contribution in [0.4, 0.5) is 0 Å². The molecule has 0 aliphatic heterocycles. The Hall–Kier alpha value is -1.08. The van der Waals surface area contributed by atoms with E-state index in [-0.39, 0.29) is 5.54 Å². The number of rotatable bonds is 2. The van der Waals surface area contributed by atoms with Crippen LogP contribution in [0.5, 0.6) is 0 Å². The Kier molecular flexibility index (Phi) is 1.97. The molecule has 13 heavy (non-hydrogen) atoms. The summed E-state index contributed by atoms with van der Waals surface area (Å²) in [6.07, 6.45) is 4.96. The Bertz CT molecular complexity index is 330. The fraction of sp³-hybridized carbons (Fsp3) is 0.333. The standard InChI is InChI=1S/C12H15N/c1-2-8-12(13)9-7-10-5-3-4-6-11(10)12/h2-6H,1,7-9,13H2/t12-/m0/s1. The van der Waals surface area contributed by atoms with E-state index in [4.69, 9.17) is 5.73 Å². The Balaban J connectivity index is 2.42. The van der Waals surface area contributed by atoms with Crippen molar-refractivity contribution >= 4 is 0 Å². The number of fused-ring (bicyclic) bond motifs is 1. The maximum Gasteiger partial charge on any atom is 0.0450 e. The van der Waals surface area contributed by atoms with E-state index < -0.39 is 0 Å². The van der Waals surface area contributed by atoms with Gasteiger partial charge in [-0.2, -0.15) is 0 Å². The van der Waals surface area contributed by atoms with Gasteiger partial charge < -0.3 is 5.73 Å². The number of hydrogen-bond acceptors (Lipinski definition) is 1. The molecule has 0 unspecified atom stereocenters. The van der Waals surface area contributed by atoms with E-state index in [1.807, 2.05) is 6.08 Å². The minimum absolute atomic E-state index is 0.141. The zero-order chi connectivity index (χ0) is 9.31. The van der Waals surface area contributed by atoms with Crippen LogP contribution in [-0.2, 0) is 12.0 Å². The van der Waals surface area contributed by atoms with Gasteiger partial charge in [0.15, 0.2) is 0 Å².